The number of sulfonamides is 1. The molecule has 6 nitrogen and oxygen atoms in total. The number of aliphatic hydroxyl groups is 1. The van der Waals surface area contributed by atoms with Crippen LogP contribution in [-0.4, -0.2) is 51.2 Å². The van der Waals surface area contributed by atoms with E-state index in [1.54, 1.807) is 0 Å². The van der Waals surface area contributed by atoms with Gasteiger partial charge < -0.3 is 15.6 Å². The number of aliphatic hydroxyl groups excluding tert-OH is 1. The topological polar surface area (TPSA) is 92.9 Å². The summed E-state index contributed by atoms with van der Waals surface area (Å²) >= 11 is 0. The molecule has 0 fully saturated rings. The smallest absolute Gasteiger partial charge is 0.243 e. The highest BCUT2D eigenvalue weighted by molar-refractivity contribution is 7.89. The first-order valence-corrected chi connectivity index (χ1v) is 7.02. The normalized spacial score (nSPS) is 12.0. The van der Waals surface area contributed by atoms with Crippen molar-refractivity contribution < 1.29 is 22.7 Å². The second-order valence-corrected chi connectivity index (χ2v) is 5.74. The molecular formula is C11H17FN2O4S. The molecule has 1 aromatic carbocycles. The molecule has 1 aromatic rings. The lowest BCUT2D eigenvalue weighted by molar-refractivity contribution is 0.168. The zero-order valence-corrected chi connectivity index (χ0v) is 11.4. The summed E-state index contributed by atoms with van der Waals surface area (Å²) in [6, 6.07) is 3.19. The molecule has 108 valence electrons. The second kappa shape index (κ2) is 6.80. The molecule has 0 aliphatic carbocycles. The highest BCUT2D eigenvalue weighted by Gasteiger charge is 2.24. The molecular weight excluding hydrogens is 275 g/mol. The average molecular weight is 292 g/mol. The van der Waals surface area contributed by atoms with Gasteiger partial charge in [0.05, 0.1) is 23.8 Å². The van der Waals surface area contributed by atoms with E-state index in [4.69, 9.17) is 15.6 Å². The van der Waals surface area contributed by atoms with E-state index in [9.17, 15) is 12.8 Å². The van der Waals surface area contributed by atoms with Crippen LogP contribution < -0.4 is 5.73 Å². The Morgan fingerprint density at radius 3 is 2.63 bits per heavy atom. The lowest BCUT2D eigenvalue weighted by atomic mass is 10.3. The first kappa shape index (κ1) is 15.8. The summed E-state index contributed by atoms with van der Waals surface area (Å²) in [6.07, 6.45) is 0. The Morgan fingerprint density at radius 2 is 2.11 bits per heavy atom. The zero-order valence-electron chi connectivity index (χ0n) is 10.5. The van der Waals surface area contributed by atoms with Crippen molar-refractivity contribution in [3.63, 3.8) is 0 Å². The quantitative estimate of drug-likeness (QED) is 0.692. The predicted octanol–water partition coefficient (Wildman–Crippen LogP) is 0.0373. The first-order valence-electron chi connectivity index (χ1n) is 5.58. The molecule has 0 heterocycles. The number of anilines is 1. The summed E-state index contributed by atoms with van der Waals surface area (Å²) in [5.74, 6) is -0.676. The lowest BCUT2D eigenvalue weighted by Gasteiger charge is -2.21. The van der Waals surface area contributed by atoms with Crippen molar-refractivity contribution >= 4 is 15.7 Å². The summed E-state index contributed by atoms with van der Waals surface area (Å²) < 4.78 is 43.5. The van der Waals surface area contributed by atoms with Crippen molar-refractivity contribution in [2.75, 3.05) is 39.1 Å². The third-order valence-corrected chi connectivity index (χ3v) is 4.39. The number of nitrogens with two attached hydrogens (primary N) is 1. The largest absolute Gasteiger partial charge is 0.396 e. The summed E-state index contributed by atoms with van der Waals surface area (Å²) in [5, 5.41) is 8.91. The number of hydrogen-bond acceptors (Lipinski definition) is 5. The monoisotopic (exact) mass is 292 g/mol. The maximum atomic E-state index is 13.0. The SMILES string of the molecule is COCCN(CCO)S(=O)(=O)c1ccc(F)c(N)c1. The van der Waals surface area contributed by atoms with Gasteiger partial charge in [-0.05, 0) is 18.2 Å². The van der Waals surface area contributed by atoms with Gasteiger partial charge in [0.25, 0.3) is 0 Å². The summed E-state index contributed by atoms with van der Waals surface area (Å²) in [4.78, 5) is -0.115. The fourth-order valence-corrected chi connectivity index (χ4v) is 2.94. The zero-order chi connectivity index (χ0) is 14.5. The van der Waals surface area contributed by atoms with Gasteiger partial charge in [-0.15, -0.1) is 0 Å². The van der Waals surface area contributed by atoms with Crippen molar-refractivity contribution in [3.8, 4) is 0 Å². The number of ether oxygens (including phenoxy) is 1. The Balaban J connectivity index is 3.07. The van der Waals surface area contributed by atoms with Crippen molar-refractivity contribution in [2.24, 2.45) is 0 Å². The van der Waals surface area contributed by atoms with E-state index in [0.29, 0.717) is 0 Å². The number of halogens is 1. The third kappa shape index (κ3) is 3.87. The molecule has 0 saturated carbocycles. The van der Waals surface area contributed by atoms with Crippen molar-refractivity contribution in [1.82, 2.24) is 4.31 Å². The average Bonchev–Trinajstić information content (AvgIpc) is 2.37. The van der Waals surface area contributed by atoms with E-state index in [-0.39, 0.29) is 36.9 Å². The van der Waals surface area contributed by atoms with Crippen LogP contribution in [0.3, 0.4) is 0 Å². The van der Waals surface area contributed by atoms with Crippen LogP contribution in [-0.2, 0) is 14.8 Å². The number of rotatable bonds is 7. The van der Waals surface area contributed by atoms with E-state index in [0.717, 1.165) is 22.5 Å². The molecule has 3 N–H and O–H groups in total. The van der Waals surface area contributed by atoms with E-state index in [1.807, 2.05) is 0 Å². The van der Waals surface area contributed by atoms with Crippen molar-refractivity contribution in [1.29, 1.82) is 0 Å². The molecule has 0 bridgehead atoms. The number of benzene rings is 1. The van der Waals surface area contributed by atoms with Crippen LogP contribution in [0, 0.1) is 5.82 Å². The standard InChI is InChI=1S/C11H17FN2O4S/c1-18-7-5-14(4-6-15)19(16,17)9-2-3-10(12)11(13)8-9/h2-3,8,15H,4-7,13H2,1H3. The van der Waals surface area contributed by atoms with Crippen LogP contribution in [0.15, 0.2) is 23.1 Å². The van der Waals surface area contributed by atoms with Crippen LogP contribution in [0.1, 0.15) is 0 Å². The Labute approximate surface area is 111 Å². The van der Waals surface area contributed by atoms with Gasteiger partial charge in [0, 0.05) is 20.2 Å². The number of nitrogen functional groups attached to an aromatic ring is 1. The molecule has 1 rings (SSSR count). The fourth-order valence-electron chi connectivity index (χ4n) is 1.49. The van der Waals surface area contributed by atoms with Gasteiger partial charge in [-0.3, -0.25) is 0 Å². The minimum absolute atomic E-state index is 0.0665. The highest BCUT2D eigenvalue weighted by Crippen LogP contribution is 2.20. The molecule has 0 amide bonds. The fraction of sp³-hybridized carbons (Fsp3) is 0.455. The Hall–Kier alpha value is -1.22. The summed E-state index contributed by atoms with van der Waals surface area (Å²) in [5.41, 5.74) is 5.12. The Kier molecular flexibility index (Phi) is 5.67. The van der Waals surface area contributed by atoms with E-state index in [2.05, 4.69) is 0 Å². The van der Waals surface area contributed by atoms with E-state index in [1.165, 1.54) is 7.11 Å². The van der Waals surface area contributed by atoms with Crippen LogP contribution in [0.25, 0.3) is 0 Å². The Morgan fingerprint density at radius 1 is 1.42 bits per heavy atom. The van der Waals surface area contributed by atoms with Crippen LogP contribution in [0.5, 0.6) is 0 Å². The number of methoxy groups -OCH3 is 1. The molecule has 0 atom stereocenters. The van der Waals surface area contributed by atoms with Gasteiger partial charge in [-0.2, -0.15) is 4.31 Å². The molecule has 0 saturated heterocycles. The first-order chi connectivity index (χ1) is 8.93. The van der Waals surface area contributed by atoms with Gasteiger partial charge in [0.2, 0.25) is 10.0 Å². The Bertz CT molecular complexity index is 521. The molecule has 0 aliphatic heterocycles. The molecule has 0 spiro atoms. The second-order valence-electron chi connectivity index (χ2n) is 3.80. The number of hydrogen-bond donors (Lipinski definition) is 2. The molecule has 0 radical (unpaired) electrons. The van der Waals surface area contributed by atoms with Crippen LogP contribution >= 0.6 is 0 Å². The summed E-state index contributed by atoms with van der Waals surface area (Å²) in [7, 11) is -2.38. The van der Waals surface area contributed by atoms with Crippen LogP contribution in [0.2, 0.25) is 0 Å². The molecule has 19 heavy (non-hydrogen) atoms. The minimum atomic E-state index is -3.83. The van der Waals surface area contributed by atoms with E-state index < -0.39 is 15.8 Å². The third-order valence-electron chi connectivity index (χ3n) is 2.50. The maximum absolute atomic E-state index is 13.0. The molecule has 0 aromatic heterocycles. The number of nitrogens with zero attached hydrogens (tertiary/aromatic N) is 1. The van der Waals surface area contributed by atoms with Crippen molar-refractivity contribution in [3.05, 3.63) is 24.0 Å². The van der Waals surface area contributed by atoms with E-state index >= 15 is 0 Å². The molecule has 8 heteroatoms. The lowest BCUT2D eigenvalue weighted by Crippen LogP contribution is -2.36. The van der Waals surface area contributed by atoms with Crippen LogP contribution in [0.4, 0.5) is 10.1 Å². The predicted molar refractivity (Wildman–Crippen MR) is 68.5 cm³/mol. The minimum Gasteiger partial charge on any atom is -0.396 e. The summed E-state index contributed by atoms with van der Waals surface area (Å²) in [6.45, 7) is -0.102. The highest BCUT2D eigenvalue weighted by atomic mass is 32.2. The van der Waals surface area contributed by atoms with Gasteiger partial charge in [0.1, 0.15) is 5.82 Å². The molecule has 0 aliphatic rings. The van der Waals surface area contributed by atoms with Gasteiger partial charge in [0.15, 0.2) is 0 Å². The molecule has 0 unspecified atom stereocenters. The van der Waals surface area contributed by atoms with Gasteiger partial charge >= 0.3 is 0 Å². The van der Waals surface area contributed by atoms with Gasteiger partial charge in [-0.1, -0.05) is 0 Å². The van der Waals surface area contributed by atoms with Gasteiger partial charge in [-0.25, -0.2) is 12.8 Å². The maximum Gasteiger partial charge on any atom is 0.243 e. The van der Waals surface area contributed by atoms with Crippen molar-refractivity contribution in [2.45, 2.75) is 4.90 Å².